The van der Waals surface area contributed by atoms with Crippen LogP contribution in [0.3, 0.4) is 0 Å². The molecule has 0 aliphatic heterocycles. The summed E-state index contributed by atoms with van der Waals surface area (Å²) in [6.07, 6.45) is 1.58. The van der Waals surface area contributed by atoms with Crippen LogP contribution in [0.4, 0.5) is 4.39 Å². The monoisotopic (exact) mass is 294 g/mol. The fraction of sp³-hybridized carbons (Fsp3) is 0.0625. The Labute approximate surface area is 124 Å². The van der Waals surface area contributed by atoms with Crippen LogP contribution in [-0.4, -0.2) is 19.2 Å². The van der Waals surface area contributed by atoms with Crippen LogP contribution in [0.2, 0.25) is 0 Å². The van der Waals surface area contributed by atoms with Crippen molar-refractivity contribution in [2.75, 3.05) is 0 Å². The molecule has 0 N–H and O–H groups in total. The van der Waals surface area contributed by atoms with E-state index in [0.29, 0.717) is 17.7 Å². The molecule has 2 aromatic heterocycles. The number of hydrogen-bond donors (Lipinski definition) is 0. The summed E-state index contributed by atoms with van der Waals surface area (Å²) in [4.78, 5) is 12.7. The van der Waals surface area contributed by atoms with E-state index >= 15 is 0 Å². The molecular weight excluding hydrogens is 283 g/mol. The Balaban J connectivity index is 1.99. The van der Waals surface area contributed by atoms with Crippen molar-refractivity contribution < 1.29 is 4.39 Å². The summed E-state index contributed by atoms with van der Waals surface area (Å²) in [5.41, 5.74) is 1.45. The third-order valence-corrected chi connectivity index (χ3v) is 3.66. The van der Waals surface area contributed by atoms with Crippen LogP contribution in [0, 0.1) is 5.82 Å². The standard InChI is InChI=1S/C16H11FN4O/c17-12-7-5-11(6-8-12)9-20-15(22)13-3-1-2-4-14(13)21-10-18-19-16(20)21/h1-8,10H,9H2. The first-order valence-electron chi connectivity index (χ1n) is 6.80. The quantitative estimate of drug-likeness (QED) is 0.569. The van der Waals surface area contributed by atoms with Gasteiger partial charge in [0.1, 0.15) is 12.1 Å². The van der Waals surface area contributed by atoms with E-state index in [2.05, 4.69) is 10.2 Å². The van der Waals surface area contributed by atoms with Crippen molar-refractivity contribution in [2.45, 2.75) is 6.54 Å². The van der Waals surface area contributed by atoms with Gasteiger partial charge in [0, 0.05) is 0 Å². The number of benzene rings is 2. The van der Waals surface area contributed by atoms with E-state index in [9.17, 15) is 9.18 Å². The van der Waals surface area contributed by atoms with E-state index in [1.54, 1.807) is 33.5 Å². The molecular formula is C16H11FN4O. The smallest absolute Gasteiger partial charge is 0.263 e. The zero-order chi connectivity index (χ0) is 15.1. The summed E-state index contributed by atoms with van der Waals surface area (Å²) in [5, 5.41) is 8.54. The summed E-state index contributed by atoms with van der Waals surface area (Å²) in [7, 11) is 0. The highest BCUT2D eigenvalue weighted by molar-refractivity contribution is 5.80. The van der Waals surface area contributed by atoms with Crippen molar-refractivity contribution in [3.63, 3.8) is 0 Å². The van der Waals surface area contributed by atoms with E-state index < -0.39 is 0 Å². The van der Waals surface area contributed by atoms with E-state index in [0.717, 1.165) is 11.1 Å². The molecule has 22 heavy (non-hydrogen) atoms. The Morgan fingerprint density at radius 2 is 1.82 bits per heavy atom. The van der Waals surface area contributed by atoms with Gasteiger partial charge in [0.2, 0.25) is 5.78 Å². The Kier molecular flexibility index (Phi) is 2.75. The minimum absolute atomic E-state index is 0.138. The summed E-state index contributed by atoms with van der Waals surface area (Å²) >= 11 is 0. The maximum atomic E-state index is 13.0. The summed E-state index contributed by atoms with van der Waals surface area (Å²) < 4.78 is 16.3. The van der Waals surface area contributed by atoms with Crippen LogP contribution >= 0.6 is 0 Å². The van der Waals surface area contributed by atoms with Crippen molar-refractivity contribution >= 4 is 16.7 Å². The number of hydrogen-bond acceptors (Lipinski definition) is 3. The molecule has 2 heterocycles. The van der Waals surface area contributed by atoms with E-state index in [1.165, 1.54) is 12.1 Å². The lowest BCUT2D eigenvalue weighted by Crippen LogP contribution is -2.23. The fourth-order valence-corrected chi connectivity index (χ4v) is 2.60. The zero-order valence-electron chi connectivity index (χ0n) is 11.5. The number of fused-ring (bicyclic) bond motifs is 3. The van der Waals surface area contributed by atoms with E-state index in [4.69, 9.17) is 0 Å². The maximum absolute atomic E-state index is 13.0. The van der Waals surface area contributed by atoms with Crippen LogP contribution in [0.15, 0.2) is 59.7 Å². The molecule has 0 bridgehead atoms. The summed E-state index contributed by atoms with van der Waals surface area (Å²) in [6.45, 7) is 0.312. The van der Waals surface area contributed by atoms with Crippen LogP contribution < -0.4 is 5.56 Å². The largest absolute Gasteiger partial charge is 0.272 e. The molecule has 0 amide bonds. The highest BCUT2D eigenvalue weighted by Gasteiger charge is 2.12. The predicted octanol–water partition coefficient (Wildman–Crippen LogP) is 2.23. The van der Waals surface area contributed by atoms with Crippen molar-refractivity contribution in [1.82, 2.24) is 19.2 Å². The highest BCUT2D eigenvalue weighted by atomic mass is 19.1. The first-order valence-corrected chi connectivity index (χ1v) is 6.80. The van der Waals surface area contributed by atoms with Gasteiger partial charge in [0.25, 0.3) is 5.56 Å². The molecule has 5 nitrogen and oxygen atoms in total. The lowest BCUT2D eigenvalue weighted by atomic mass is 10.2. The fourth-order valence-electron chi connectivity index (χ4n) is 2.60. The lowest BCUT2D eigenvalue weighted by Gasteiger charge is -2.10. The number of halogens is 1. The molecule has 108 valence electrons. The normalized spacial score (nSPS) is 11.3. The molecule has 0 atom stereocenters. The minimum Gasteiger partial charge on any atom is -0.272 e. The first kappa shape index (κ1) is 12.7. The van der Waals surface area contributed by atoms with Crippen LogP contribution in [0.25, 0.3) is 16.7 Å². The topological polar surface area (TPSA) is 52.2 Å². The average Bonchev–Trinajstić information content (AvgIpc) is 3.03. The summed E-state index contributed by atoms with van der Waals surface area (Å²) in [6, 6.07) is 13.4. The second-order valence-electron chi connectivity index (χ2n) is 5.04. The molecule has 4 aromatic rings. The van der Waals surface area contributed by atoms with Crippen LogP contribution in [0.5, 0.6) is 0 Å². The molecule has 0 unspecified atom stereocenters. The number of aromatic nitrogens is 4. The number of rotatable bonds is 2. The minimum atomic E-state index is -0.303. The third kappa shape index (κ3) is 1.88. The molecule has 0 aliphatic rings. The highest BCUT2D eigenvalue weighted by Crippen LogP contribution is 2.13. The third-order valence-electron chi connectivity index (χ3n) is 3.66. The molecule has 0 saturated carbocycles. The van der Waals surface area contributed by atoms with Gasteiger partial charge >= 0.3 is 0 Å². The van der Waals surface area contributed by atoms with E-state index in [1.807, 2.05) is 18.2 Å². The van der Waals surface area contributed by atoms with Crippen molar-refractivity contribution in [2.24, 2.45) is 0 Å². The van der Waals surface area contributed by atoms with Gasteiger partial charge in [-0.05, 0) is 29.8 Å². The molecule has 0 aliphatic carbocycles. The SMILES string of the molecule is O=c1c2ccccc2n2cnnc2n1Cc1ccc(F)cc1. The Hall–Kier alpha value is -3.02. The molecule has 0 radical (unpaired) electrons. The average molecular weight is 294 g/mol. The van der Waals surface area contributed by atoms with Crippen molar-refractivity contribution in [3.8, 4) is 0 Å². The zero-order valence-corrected chi connectivity index (χ0v) is 11.5. The lowest BCUT2D eigenvalue weighted by molar-refractivity contribution is 0.626. The van der Waals surface area contributed by atoms with Gasteiger partial charge in [-0.25, -0.2) is 4.39 Å². The predicted molar refractivity (Wildman–Crippen MR) is 80.3 cm³/mol. The molecule has 0 saturated heterocycles. The second-order valence-corrected chi connectivity index (χ2v) is 5.04. The van der Waals surface area contributed by atoms with Gasteiger partial charge in [-0.15, -0.1) is 10.2 Å². The molecule has 6 heteroatoms. The molecule has 0 spiro atoms. The van der Waals surface area contributed by atoms with Crippen molar-refractivity contribution in [1.29, 1.82) is 0 Å². The van der Waals surface area contributed by atoms with Crippen LogP contribution in [0.1, 0.15) is 5.56 Å². The number of nitrogens with zero attached hydrogens (tertiary/aromatic N) is 4. The van der Waals surface area contributed by atoms with Crippen LogP contribution in [-0.2, 0) is 6.54 Å². The molecule has 0 fully saturated rings. The Morgan fingerprint density at radius 1 is 1.05 bits per heavy atom. The Morgan fingerprint density at radius 3 is 2.64 bits per heavy atom. The Bertz CT molecular complexity index is 1030. The molecule has 4 rings (SSSR count). The van der Waals surface area contributed by atoms with Gasteiger partial charge in [-0.1, -0.05) is 24.3 Å². The second kappa shape index (κ2) is 4.77. The maximum Gasteiger partial charge on any atom is 0.263 e. The molecule has 2 aromatic carbocycles. The number of para-hydroxylation sites is 1. The van der Waals surface area contributed by atoms with Crippen molar-refractivity contribution in [3.05, 3.63) is 76.6 Å². The van der Waals surface area contributed by atoms with Gasteiger partial charge in [-0.3, -0.25) is 13.8 Å². The van der Waals surface area contributed by atoms with Gasteiger partial charge in [-0.2, -0.15) is 0 Å². The summed E-state index contributed by atoms with van der Waals surface area (Å²) in [5.74, 6) is 0.162. The van der Waals surface area contributed by atoms with Gasteiger partial charge in [0.05, 0.1) is 17.4 Å². The van der Waals surface area contributed by atoms with Gasteiger partial charge < -0.3 is 0 Å². The first-order chi connectivity index (χ1) is 10.7. The van der Waals surface area contributed by atoms with E-state index in [-0.39, 0.29) is 11.4 Å². The van der Waals surface area contributed by atoms with Gasteiger partial charge in [0.15, 0.2) is 0 Å².